The molecule has 0 spiro atoms. The maximum absolute atomic E-state index is 12.1. The summed E-state index contributed by atoms with van der Waals surface area (Å²) in [6.45, 7) is 2.53. The van der Waals surface area contributed by atoms with Crippen molar-refractivity contribution < 1.29 is 16.8 Å². The Balaban J connectivity index is 2.65. The molecule has 0 aromatic heterocycles. The predicted octanol–water partition coefficient (Wildman–Crippen LogP) is 2.07. The van der Waals surface area contributed by atoms with Crippen LogP contribution in [0.25, 0.3) is 0 Å². The minimum absolute atomic E-state index is 0.00798. The molecule has 0 aliphatic carbocycles. The van der Waals surface area contributed by atoms with Gasteiger partial charge in [-0.05, 0) is 24.6 Å². The number of halogens is 1. The summed E-state index contributed by atoms with van der Waals surface area (Å²) >= 11 is 5.79. The Morgan fingerprint density at radius 2 is 1.83 bits per heavy atom. The molecule has 0 heterocycles. The van der Waals surface area contributed by atoms with Crippen molar-refractivity contribution in [2.45, 2.75) is 31.1 Å². The van der Waals surface area contributed by atoms with Crippen molar-refractivity contribution in [1.29, 1.82) is 0 Å². The Labute approximate surface area is 143 Å². The molecule has 0 bridgehead atoms. The van der Waals surface area contributed by atoms with Crippen LogP contribution in [0.2, 0.25) is 5.02 Å². The van der Waals surface area contributed by atoms with Gasteiger partial charge in [0.15, 0.2) is 0 Å². The fourth-order valence-corrected chi connectivity index (χ4v) is 4.21. The fourth-order valence-electron chi connectivity index (χ4n) is 2.00. The maximum Gasteiger partial charge on any atom is 0.240 e. The lowest BCUT2D eigenvalue weighted by Crippen LogP contribution is -2.38. The second-order valence-corrected chi connectivity index (χ2v) is 9.41. The van der Waals surface area contributed by atoms with Gasteiger partial charge in [-0.25, -0.2) is 25.9 Å². The molecule has 9 heteroatoms. The average molecular weight is 383 g/mol. The van der Waals surface area contributed by atoms with E-state index >= 15 is 0 Å². The van der Waals surface area contributed by atoms with Crippen molar-refractivity contribution >= 4 is 31.6 Å². The average Bonchev–Trinajstić information content (AvgIpc) is 2.44. The van der Waals surface area contributed by atoms with Crippen LogP contribution in [0.4, 0.5) is 0 Å². The van der Waals surface area contributed by atoms with Crippen LogP contribution < -0.4 is 4.72 Å². The molecule has 0 saturated carbocycles. The first kappa shape index (κ1) is 20.4. The minimum atomic E-state index is -3.71. The first-order valence-corrected chi connectivity index (χ1v) is 11.1. The summed E-state index contributed by atoms with van der Waals surface area (Å²) in [6.07, 6.45) is 3.80. The maximum atomic E-state index is 12.1. The van der Waals surface area contributed by atoms with Crippen molar-refractivity contribution in [2.24, 2.45) is 0 Å². The molecule has 1 N–H and O–H groups in total. The lowest BCUT2D eigenvalue weighted by atomic mass is 10.2. The molecule has 1 aromatic rings. The number of sulfonamides is 2. The van der Waals surface area contributed by atoms with Crippen LogP contribution >= 0.6 is 11.6 Å². The highest BCUT2D eigenvalue weighted by atomic mass is 35.5. The number of hydrogen-bond donors (Lipinski definition) is 1. The van der Waals surface area contributed by atoms with Crippen LogP contribution in [-0.2, 0) is 20.0 Å². The van der Waals surface area contributed by atoms with Gasteiger partial charge in [0, 0.05) is 24.7 Å². The van der Waals surface area contributed by atoms with E-state index in [1.807, 2.05) is 6.92 Å². The Morgan fingerprint density at radius 3 is 2.39 bits per heavy atom. The topological polar surface area (TPSA) is 83.6 Å². The van der Waals surface area contributed by atoms with Crippen LogP contribution in [0.1, 0.15) is 26.2 Å². The SMILES string of the molecule is CCCCCN(CCNS(=O)(=O)c1cccc(Cl)c1)S(C)(=O)=O. The largest absolute Gasteiger partial charge is 0.240 e. The molecule has 6 nitrogen and oxygen atoms in total. The van der Waals surface area contributed by atoms with Crippen molar-refractivity contribution in [2.75, 3.05) is 25.9 Å². The molecule has 23 heavy (non-hydrogen) atoms. The van der Waals surface area contributed by atoms with Gasteiger partial charge in [-0.1, -0.05) is 37.4 Å². The molecule has 1 aromatic carbocycles. The molecule has 0 fully saturated rings. The zero-order chi connectivity index (χ0) is 17.5. The first-order chi connectivity index (χ1) is 10.7. The molecular formula is C14H23ClN2O4S2. The molecule has 0 aliphatic heterocycles. The number of nitrogens with zero attached hydrogens (tertiary/aromatic N) is 1. The Hall–Kier alpha value is -0.670. The molecule has 0 radical (unpaired) electrons. The fraction of sp³-hybridized carbons (Fsp3) is 0.571. The third-order valence-electron chi connectivity index (χ3n) is 3.24. The zero-order valence-electron chi connectivity index (χ0n) is 13.3. The minimum Gasteiger partial charge on any atom is -0.213 e. The number of rotatable bonds is 10. The van der Waals surface area contributed by atoms with E-state index in [1.165, 1.54) is 16.4 Å². The van der Waals surface area contributed by atoms with E-state index in [0.717, 1.165) is 25.5 Å². The van der Waals surface area contributed by atoms with Crippen LogP contribution in [0.3, 0.4) is 0 Å². The van der Waals surface area contributed by atoms with E-state index < -0.39 is 20.0 Å². The highest BCUT2D eigenvalue weighted by molar-refractivity contribution is 7.89. The van der Waals surface area contributed by atoms with E-state index in [1.54, 1.807) is 12.1 Å². The Morgan fingerprint density at radius 1 is 1.13 bits per heavy atom. The predicted molar refractivity (Wildman–Crippen MR) is 92.6 cm³/mol. The third kappa shape index (κ3) is 7.17. The van der Waals surface area contributed by atoms with Crippen molar-refractivity contribution in [3.8, 4) is 0 Å². The molecule has 0 unspecified atom stereocenters. The molecule has 132 valence electrons. The van der Waals surface area contributed by atoms with E-state index in [0.29, 0.717) is 11.6 Å². The second-order valence-electron chi connectivity index (χ2n) is 5.22. The summed E-state index contributed by atoms with van der Waals surface area (Å²) in [5.74, 6) is 0. The summed E-state index contributed by atoms with van der Waals surface area (Å²) in [5, 5.41) is 0.324. The van der Waals surface area contributed by atoms with Gasteiger partial charge in [0.2, 0.25) is 20.0 Å². The number of unbranched alkanes of at least 4 members (excludes halogenated alkanes) is 2. The van der Waals surface area contributed by atoms with Crippen molar-refractivity contribution in [3.63, 3.8) is 0 Å². The van der Waals surface area contributed by atoms with Gasteiger partial charge in [-0.3, -0.25) is 0 Å². The summed E-state index contributed by atoms with van der Waals surface area (Å²) in [5.41, 5.74) is 0. The zero-order valence-corrected chi connectivity index (χ0v) is 15.7. The smallest absolute Gasteiger partial charge is 0.213 e. The van der Waals surface area contributed by atoms with Crippen molar-refractivity contribution in [3.05, 3.63) is 29.3 Å². The Kier molecular flexibility index (Phi) is 7.96. The van der Waals surface area contributed by atoms with Crippen LogP contribution in [-0.4, -0.2) is 47.0 Å². The summed E-state index contributed by atoms with van der Waals surface area (Å²) < 4.78 is 51.4. The van der Waals surface area contributed by atoms with E-state index in [2.05, 4.69) is 4.72 Å². The monoisotopic (exact) mass is 382 g/mol. The molecule has 0 saturated heterocycles. The number of hydrogen-bond acceptors (Lipinski definition) is 4. The van der Waals surface area contributed by atoms with E-state index in [9.17, 15) is 16.8 Å². The van der Waals surface area contributed by atoms with Crippen LogP contribution in [0.15, 0.2) is 29.2 Å². The van der Waals surface area contributed by atoms with Gasteiger partial charge in [-0.2, -0.15) is 0 Å². The van der Waals surface area contributed by atoms with E-state index in [4.69, 9.17) is 11.6 Å². The van der Waals surface area contributed by atoms with Gasteiger partial charge >= 0.3 is 0 Å². The summed E-state index contributed by atoms with van der Waals surface area (Å²) in [4.78, 5) is 0.0573. The number of benzene rings is 1. The molecule has 0 amide bonds. The van der Waals surface area contributed by atoms with Gasteiger partial charge in [-0.15, -0.1) is 0 Å². The normalized spacial score (nSPS) is 12.7. The molecular weight excluding hydrogens is 360 g/mol. The van der Waals surface area contributed by atoms with Gasteiger partial charge in [0.05, 0.1) is 11.2 Å². The van der Waals surface area contributed by atoms with Crippen LogP contribution in [0.5, 0.6) is 0 Å². The van der Waals surface area contributed by atoms with Crippen molar-refractivity contribution in [1.82, 2.24) is 9.03 Å². The van der Waals surface area contributed by atoms with Gasteiger partial charge in [0.1, 0.15) is 0 Å². The highest BCUT2D eigenvalue weighted by Gasteiger charge is 2.18. The quantitative estimate of drug-likeness (QED) is 0.628. The number of nitrogens with one attached hydrogen (secondary N) is 1. The molecule has 0 aliphatic rings. The second kappa shape index (κ2) is 8.98. The lowest BCUT2D eigenvalue weighted by Gasteiger charge is -2.20. The lowest BCUT2D eigenvalue weighted by molar-refractivity contribution is 0.405. The Bertz CT molecular complexity index is 705. The van der Waals surface area contributed by atoms with Crippen LogP contribution in [0, 0.1) is 0 Å². The molecule has 0 atom stereocenters. The first-order valence-electron chi connectivity index (χ1n) is 7.37. The van der Waals surface area contributed by atoms with Gasteiger partial charge < -0.3 is 0 Å². The molecule has 1 rings (SSSR count). The third-order valence-corrected chi connectivity index (χ3v) is 6.24. The van der Waals surface area contributed by atoms with Gasteiger partial charge in [0.25, 0.3) is 0 Å². The highest BCUT2D eigenvalue weighted by Crippen LogP contribution is 2.15. The summed E-state index contributed by atoms with van der Waals surface area (Å²) in [7, 11) is -7.06. The van der Waals surface area contributed by atoms with E-state index in [-0.39, 0.29) is 18.0 Å². The summed E-state index contributed by atoms with van der Waals surface area (Å²) in [6, 6.07) is 5.91. The standard InChI is InChI=1S/C14H23ClN2O4S2/c1-3-4-5-10-17(22(2,18)19)11-9-16-23(20,21)14-8-6-7-13(15)12-14/h6-8,12,16H,3-5,9-11H2,1-2H3.